The summed E-state index contributed by atoms with van der Waals surface area (Å²) in [5.74, 6) is -2.46. The second-order valence-corrected chi connectivity index (χ2v) is 7.71. The van der Waals surface area contributed by atoms with Crippen molar-refractivity contribution in [1.29, 1.82) is 0 Å². The number of rotatable bonds is 5. The zero-order valence-corrected chi connectivity index (χ0v) is 15.1. The minimum atomic E-state index is -4.16. The Hall–Kier alpha value is -3.68. The van der Waals surface area contributed by atoms with Crippen LogP contribution in [0.3, 0.4) is 0 Å². The number of nitrogen functional groups attached to an aromatic ring is 1. The summed E-state index contributed by atoms with van der Waals surface area (Å²) in [5.41, 5.74) is 5.75. The van der Waals surface area contributed by atoms with Crippen LogP contribution in [0.2, 0.25) is 0 Å². The Labute approximate surface area is 157 Å². The number of anilines is 2. The number of urea groups is 1. The van der Waals surface area contributed by atoms with E-state index in [2.05, 4.69) is 20.4 Å². The van der Waals surface area contributed by atoms with Crippen LogP contribution in [0, 0.1) is 0 Å². The molecule has 2 aromatic rings. The number of aromatic carboxylic acids is 1. The van der Waals surface area contributed by atoms with Gasteiger partial charge in [-0.1, -0.05) is 5.21 Å². The second-order valence-electron chi connectivity index (χ2n) is 5.91. The zero-order chi connectivity index (χ0) is 20.6. The molecule has 2 atom stereocenters. The van der Waals surface area contributed by atoms with Gasteiger partial charge in [0, 0.05) is 5.69 Å². The Morgan fingerprint density at radius 2 is 1.93 bits per heavy atom. The molecule has 1 aliphatic heterocycles. The van der Waals surface area contributed by atoms with Gasteiger partial charge in [-0.25, -0.2) is 18.0 Å². The molecule has 2 heterocycles. The number of benzene rings is 1. The van der Waals surface area contributed by atoms with E-state index in [0.717, 1.165) is 4.68 Å². The van der Waals surface area contributed by atoms with E-state index < -0.39 is 44.9 Å². The third-order valence-corrected chi connectivity index (χ3v) is 5.73. The molecule has 0 saturated carbocycles. The number of amides is 3. The molecule has 14 heteroatoms. The predicted octanol–water partition coefficient (Wildman–Crippen LogP) is -1.11. The first-order valence-corrected chi connectivity index (χ1v) is 9.32. The van der Waals surface area contributed by atoms with Crippen molar-refractivity contribution in [2.75, 3.05) is 10.5 Å². The van der Waals surface area contributed by atoms with Crippen LogP contribution in [0.1, 0.15) is 17.4 Å². The topological polar surface area (TPSA) is 198 Å². The van der Waals surface area contributed by atoms with Gasteiger partial charge < -0.3 is 16.2 Å². The molecule has 0 bridgehead atoms. The smallest absolute Gasteiger partial charge is 0.360 e. The van der Waals surface area contributed by atoms with Crippen molar-refractivity contribution < 1.29 is 27.9 Å². The molecule has 1 aromatic carbocycles. The van der Waals surface area contributed by atoms with E-state index in [9.17, 15) is 22.8 Å². The fourth-order valence-corrected chi connectivity index (χ4v) is 4.21. The molecular formula is C14H15N7O6S. The van der Waals surface area contributed by atoms with E-state index in [1.54, 1.807) is 0 Å². The van der Waals surface area contributed by atoms with Gasteiger partial charge in [0.2, 0.25) is 21.6 Å². The third-order valence-electron chi connectivity index (χ3n) is 3.92. The highest BCUT2D eigenvalue weighted by Crippen LogP contribution is 2.20. The number of imide groups is 1. The van der Waals surface area contributed by atoms with Gasteiger partial charge in [0.05, 0.1) is 11.7 Å². The number of carbonyl (C=O) groups is 3. The lowest BCUT2D eigenvalue weighted by atomic mass is 10.2. The monoisotopic (exact) mass is 409 g/mol. The normalized spacial score (nSPS) is 19.6. The summed E-state index contributed by atoms with van der Waals surface area (Å²) < 4.78 is 28.4. The molecule has 2 unspecified atom stereocenters. The second kappa shape index (κ2) is 6.80. The summed E-state index contributed by atoms with van der Waals surface area (Å²) in [6, 6.07) is 3.92. The fourth-order valence-electron chi connectivity index (χ4n) is 2.67. The molecule has 28 heavy (non-hydrogen) atoms. The van der Waals surface area contributed by atoms with E-state index in [-0.39, 0.29) is 11.5 Å². The summed E-state index contributed by atoms with van der Waals surface area (Å²) in [4.78, 5) is 34.1. The minimum absolute atomic E-state index is 0.137. The Bertz CT molecular complexity index is 1060. The van der Waals surface area contributed by atoms with Gasteiger partial charge in [-0.2, -0.15) is 4.68 Å². The van der Waals surface area contributed by atoms with E-state index in [1.165, 1.54) is 31.2 Å². The highest BCUT2D eigenvalue weighted by molar-refractivity contribution is 7.94. The third kappa shape index (κ3) is 3.44. The maximum Gasteiger partial charge on any atom is 0.360 e. The van der Waals surface area contributed by atoms with Crippen molar-refractivity contribution in [3.8, 4) is 5.69 Å². The van der Waals surface area contributed by atoms with Crippen LogP contribution in [-0.4, -0.2) is 57.7 Å². The van der Waals surface area contributed by atoms with Crippen LogP contribution < -0.4 is 21.1 Å². The number of sulfonamides is 1. The van der Waals surface area contributed by atoms with Crippen molar-refractivity contribution in [1.82, 2.24) is 25.6 Å². The molecule has 0 aliphatic carbocycles. The van der Waals surface area contributed by atoms with E-state index in [4.69, 9.17) is 10.8 Å². The summed E-state index contributed by atoms with van der Waals surface area (Å²) in [5, 5.41) is 18.8. The van der Waals surface area contributed by atoms with Crippen molar-refractivity contribution in [2.24, 2.45) is 0 Å². The largest absolute Gasteiger partial charge is 0.476 e. The molecule has 3 amide bonds. The van der Waals surface area contributed by atoms with E-state index >= 15 is 0 Å². The lowest BCUT2D eigenvalue weighted by Crippen LogP contribution is -2.63. The van der Waals surface area contributed by atoms with Gasteiger partial charge in [0.25, 0.3) is 0 Å². The highest BCUT2D eigenvalue weighted by Gasteiger charge is 2.42. The standard InChI is InChI=1S/C14H15N7O6S/c1-6-10(12(22)17-14(25)16-6)28(26,27)19-7-2-4-8(5-3-7)21-11(15)9(13(23)24)18-20-21/h2-6,10,19H,15H2,1H3,(H,23,24)(H2,16,17,22,25). The first-order chi connectivity index (χ1) is 13.1. The van der Waals surface area contributed by atoms with Crippen LogP contribution in [0.5, 0.6) is 0 Å². The maximum atomic E-state index is 12.5. The number of nitrogens with zero attached hydrogens (tertiary/aromatic N) is 3. The number of aromatic nitrogens is 3. The van der Waals surface area contributed by atoms with Gasteiger partial charge in [-0.05, 0) is 31.2 Å². The van der Waals surface area contributed by atoms with Gasteiger partial charge in [-0.3, -0.25) is 14.8 Å². The number of carboxylic acids is 1. The highest BCUT2D eigenvalue weighted by atomic mass is 32.2. The van der Waals surface area contributed by atoms with Gasteiger partial charge >= 0.3 is 12.0 Å². The van der Waals surface area contributed by atoms with Crippen molar-refractivity contribution in [3.05, 3.63) is 30.0 Å². The molecule has 6 N–H and O–H groups in total. The molecule has 3 rings (SSSR count). The number of carbonyl (C=O) groups excluding carboxylic acids is 2. The Balaban J connectivity index is 1.81. The number of nitrogens with two attached hydrogens (primary N) is 1. The molecule has 0 radical (unpaired) electrons. The number of nitrogens with one attached hydrogen (secondary N) is 3. The summed E-state index contributed by atoms with van der Waals surface area (Å²) in [7, 11) is -4.16. The Kier molecular flexibility index (Phi) is 4.64. The SMILES string of the molecule is CC1NC(=O)NC(=O)C1S(=O)(=O)Nc1ccc(-n2nnc(C(=O)O)c2N)cc1. The quantitative estimate of drug-likeness (QED) is 0.406. The summed E-state index contributed by atoms with van der Waals surface area (Å²) in [6.07, 6.45) is 0. The minimum Gasteiger partial charge on any atom is -0.476 e. The molecular weight excluding hydrogens is 394 g/mol. The van der Waals surface area contributed by atoms with E-state index in [0.29, 0.717) is 5.69 Å². The zero-order valence-electron chi connectivity index (χ0n) is 14.3. The molecule has 1 saturated heterocycles. The fraction of sp³-hybridized carbons (Fsp3) is 0.214. The van der Waals surface area contributed by atoms with Crippen LogP contribution in [0.25, 0.3) is 5.69 Å². The molecule has 1 aliphatic rings. The number of hydrogen-bond acceptors (Lipinski definition) is 8. The van der Waals surface area contributed by atoms with Crippen molar-refractivity contribution >= 4 is 39.4 Å². The molecule has 1 fully saturated rings. The number of hydrogen-bond donors (Lipinski definition) is 5. The summed E-state index contributed by atoms with van der Waals surface area (Å²) in [6.45, 7) is 1.40. The average Bonchev–Trinajstić information content (AvgIpc) is 2.95. The predicted molar refractivity (Wildman–Crippen MR) is 95.2 cm³/mol. The first-order valence-electron chi connectivity index (χ1n) is 7.78. The van der Waals surface area contributed by atoms with Crippen LogP contribution in [0.4, 0.5) is 16.3 Å². The van der Waals surface area contributed by atoms with Crippen LogP contribution in [0.15, 0.2) is 24.3 Å². The van der Waals surface area contributed by atoms with Gasteiger partial charge in [0.15, 0.2) is 11.1 Å². The Morgan fingerprint density at radius 1 is 1.29 bits per heavy atom. The average molecular weight is 409 g/mol. The number of carboxylic acid groups (broad SMARTS) is 1. The Morgan fingerprint density at radius 3 is 2.46 bits per heavy atom. The van der Waals surface area contributed by atoms with Crippen molar-refractivity contribution in [2.45, 2.75) is 18.2 Å². The molecule has 1 aromatic heterocycles. The molecule has 148 valence electrons. The summed E-state index contributed by atoms with van der Waals surface area (Å²) >= 11 is 0. The lowest BCUT2D eigenvalue weighted by Gasteiger charge is -2.28. The van der Waals surface area contributed by atoms with Crippen molar-refractivity contribution in [3.63, 3.8) is 0 Å². The molecule has 13 nitrogen and oxygen atoms in total. The van der Waals surface area contributed by atoms with Crippen LogP contribution in [-0.2, 0) is 14.8 Å². The maximum absolute atomic E-state index is 12.5. The lowest BCUT2D eigenvalue weighted by molar-refractivity contribution is -0.120. The van der Waals surface area contributed by atoms with Gasteiger partial charge in [0.1, 0.15) is 0 Å². The van der Waals surface area contributed by atoms with Gasteiger partial charge in [-0.15, -0.1) is 5.10 Å². The van der Waals surface area contributed by atoms with E-state index in [1.807, 2.05) is 5.32 Å². The van der Waals surface area contributed by atoms with Crippen LogP contribution >= 0.6 is 0 Å². The molecule has 0 spiro atoms. The first kappa shape index (κ1) is 19.1.